The Balaban J connectivity index is 0.00000256. The van der Waals surface area contributed by atoms with Crippen LogP contribution in [0.2, 0.25) is 5.02 Å². The second-order valence-electron chi connectivity index (χ2n) is 6.66. The number of rotatable bonds is 5. The average Bonchev–Trinajstić information content (AvgIpc) is 3.23. The van der Waals surface area contributed by atoms with Crippen molar-refractivity contribution in [2.45, 2.75) is 0 Å². The Morgan fingerprint density at radius 1 is 1.10 bits per heavy atom. The molecule has 158 valence electrons. The first-order valence-electron chi connectivity index (χ1n) is 9.31. The van der Waals surface area contributed by atoms with Crippen LogP contribution in [-0.2, 0) is 4.79 Å². The lowest BCUT2D eigenvalue weighted by Gasteiger charge is -2.35. The summed E-state index contributed by atoms with van der Waals surface area (Å²) in [4.78, 5) is 20.8. The number of ether oxygens (including phenoxy) is 1. The summed E-state index contributed by atoms with van der Waals surface area (Å²) in [6, 6.07) is 13.6. The molecule has 0 radical (unpaired) electrons. The van der Waals surface area contributed by atoms with Crippen LogP contribution >= 0.6 is 24.0 Å². The fraction of sp³-hybridized carbons (Fsp3) is 0.238. The molecule has 1 aliphatic rings. The number of carbonyl (C=O) groups is 1. The minimum atomic E-state index is -0.474. The van der Waals surface area contributed by atoms with Crippen molar-refractivity contribution in [3.8, 4) is 11.4 Å². The third-order valence-corrected chi connectivity index (χ3v) is 5.05. The lowest BCUT2D eigenvalue weighted by molar-refractivity contribution is -0.133. The highest BCUT2D eigenvalue weighted by Crippen LogP contribution is 2.22. The zero-order valence-corrected chi connectivity index (χ0v) is 17.7. The Kier molecular flexibility index (Phi) is 7.18. The largest absolute Gasteiger partial charge is 0.481 e. The molecule has 0 bridgehead atoms. The van der Waals surface area contributed by atoms with Gasteiger partial charge >= 0.3 is 0 Å². The molecule has 1 aromatic heterocycles. The van der Waals surface area contributed by atoms with Crippen LogP contribution in [0.1, 0.15) is 0 Å². The van der Waals surface area contributed by atoms with Crippen molar-refractivity contribution in [1.29, 1.82) is 0 Å². The maximum absolute atomic E-state index is 13.6. The number of halogens is 3. The number of hydrogen-bond donors (Lipinski definition) is 0. The quantitative estimate of drug-likeness (QED) is 0.592. The summed E-state index contributed by atoms with van der Waals surface area (Å²) >= 11 is 6.11. The predicted molar refractivity (Wildman–Crippen MR) is 117 cm³/mol. The van der Waals surface area contributed by atoms with Crippen molar-refractivity contribution in [3.63, 3.8) is 0 Å². The second kappa shape index (κ2) is 9.82. The zero-order valence-electron chi connectivity index (χ0n) is 16.1. The van der Waals surface area contributed by atoms with E-state index in [-0.39, 0.29) is 30.7 Å². The molecule has 2 aromatic carbocycles. The minimum absolute atomic E-state index is 0. The molecule has 0 aliphatic carbocycles. The van der Waals surface area contributed by atoms with Crippen molar-refractivity contribution < 1.29 is 13.9 Å². The Morgan fingerprint density at radius 3 is 2.60 bits per heavy atom. The molecule has 1 fully saturated rings. The first-order valence-corrected chi connectivity index (χ1v) is 9.69. The number of anilines is 1. The van der Waals surface area contributed by atoms with Crippen molar-refractivity contribution in [2.75, 3.05) is 37.7 Å². The topological polar surface area (TPSA) is 50.6 Å². The zero-order chi connectivity index (χ0) is 20.2. The van der Waals surface area contributed by atoms with Gasteiger partial charge in [-0.25, -0.2) is 9.37 Å². The molecule has 0 atom stereocenters. The summed E-state index contributed by atoms with van der Waals surface area (Å²) < 4.78 is 20.9. The van der Waals surface area contributed by atoms with E-state index in [1.165, 1.54) is 12.1 Å². The molecule has 9 heteroatoms. The SMILES string of the molecule is Cl.O=C(COc1ccccc1F)N1CCN(c2nccn2-c2cccc(Cl)c2)CC1. The summed E-state index contributed by atoms with van der Waals surface area (Å²) in [5.74, 6) is 0.258. The van der Waals surface area contributed by atoms with Crippen LogP contribution in [0.3, 0.4) is 0 Å². The number of aromatic nitrogens is 2. The molecule has 30 heavy (non-hydrogen) atoms. The highest BCUT2D eigenvalue weighted by molar-refractivity contribution is 6.30. The molecular formula is C21H21Cl2FN4O2. The van der Waals surface area contributed by atoms with E-state index in [0.717, 1.165) is 11.6 Å². The van der Waals surface area contributed by atoms with E-state index in [1.54, 1.807) is 23.2 Å². The third kappa shape index (κ3) is 4.86. The van der Waals surface area contributed by atoms with E-state index in [4.69, 9.17) is 16.3 Å². The Hall–Kier alpha value is -2.77. The molecular weight excluding hydrogens is 430 g/mol. The molecule has 6 nitrogen and oxygen atoms in total. The molecule has 1 amide bonds. The van der Waals surface area contributed by atoms with Crippen LogP contribution in [0.4, 0.5) is 10.3 Å². The van der Waals surface area contributed by atoms with E-state index in [0.29, 0.717) is 31.2 Å². The van der Waals surface area contributed by atoms with Gasteiger partial charge in [-0.15, -0.1) is 12.4 Å². The molecule has 0 saturated carbocycles. The standard InChI is InChI=1S/C21H20ClFN4O2.ClH/c22-16-4-3-5-17(14-16)27-9-8-24-21(27)26-12-10-25(11-13-26)20(28)15-29-19-7-2-1-6-18(19)23;/h1-9,14H,10-13,15H2;1H. The van der Waals surface area contributed by atoms with E-state index >= 15 is 0 Å². The fourth-order valence-electron chi connectivity index (χ4n) is 3.31. The maximum atomic E-state index is 13.6. The normalized spacial score (nSPS) is 13.7. The van der Waals surface area contributed by atoms with Gasteiger partial charge in [-0.2, -0.15) is 0 Å². The number of benzene rings is 2. The predicted octanol–water partition coefficient (Wildman–Crippen LogP) is 3.81. The number of nitrogens with zero attached hydrogens (tertiary/aromatic N) is 4. The van der Waals surface area contributed by atoms with Gasteiger partial charge in [0.15, 0.2) is 18.2 Å². The highest BCUT2D eigenvalue weighted by atomic mass is 35.5. The lowest BCUT2D eigenvalue weighted by atomic mass is 10.3. The molecule has 3 aromatic rings. The monoisotopic (exact) mass is 450 g/mol. The third-order valence-electron chi connectivity index (χ3n) is 4.81. The van der Waals surface area contributed by atoms with Gasteiger partial charge in [0.05, 0.1) is 0 Å². The Labute approximate surface area is 185 Å². The second-order valence-corrected chi connectivity index (χ2v) is 7.10. The number of amides is 1. The summed E-state index contributed by atoms with van der Waals surface area (Å²) in [5.41, 5.74) is 0.932. The Morgan fingerprint density at radius 2 is 1.87 bits per heavy atom. The van der Waals surface area contributed by atoms with Gasteiger partial charge in [-0.3, -0.25) is 9.36 Å². The number of carbonyl (C=O) groups excluding carboxylic acids is 1. The lowest BCUT2D eigenvalue weighted by Crippen LogP contribution is -2.50. The van der Waals surface area contributed by atoms with Crippen LogP contribution in [0.5, 0.6) is 5.75 Å². The van der Waals surface area contributed by atoms with Gasteiger partial charge in [0.1, 0.15) is 0 Å². The molecule has 1 aliphatic heterocycles. The number of hydrogen-bond acceptors (Lipinski definition) is 4. The number of para-hydroxylation sites is 1. The smallest absolute Gasteiger partial charge is 0.260 e. The van der Waals surface area contributed by atoms with Crippen LogP contribution in [-0.4, -0.2) is 53.1 Å². The molecule has 0 spiro atoms. The summed E-state index contributed by atoms with van der Waals surface area (Å²) in [5, 5.41) is 0.660. The van der Waals surface area contributed by atoms with Crippen molar-refractivity contribution in [3.05, 3.63) is 71.8 Å². The van der Waals surface area contributed by atoms with Gasteiger partial charge < -0.3 is 14.5 Å². The molecule has 0 N–H and O–H groups in total. The van der Waals surface area contributed by atoms with E-state index in [1.807, 2.05) is 35.0 Å². The minimum Gasteiger partial charge on any atom is -0.481 e. The maximum Gasteiger partial charge on any atom is 0.260 e. The molecule has 0 unspecified atom stereocenters. The number of piperazine rings is 1. The molecule has 2 heterocycles. The summed E-state index contributed by atoms with van der Waals surface area (Å²) in [6.45, 7) is 2.19. The molecule has 4 rings (SSSR count). The fourth-order valence-corrected chi connectivity index (χ4v) is 3.49. The van der Waals surface area contributed by atoms with Crippen LogP contribution in [0.25, 0.3) is 5.69 Å². The van der Waals surface area contributed by atoms with E-state index in [9.17, 15) is 9.18 Å². The average molecular weight is 451 g/mol. The van der Waals surface area contributed by atoms with Crippen molar-refractivity contribution >= 4 is 35.9 Å². The van der Waals surface area contributed by atoms with E-state index in [2.05, 4.69) is 9.88 Å². The van der Waals surface area contributed by atoms with E-state index < -0.39 is 5.82 Å². The number of imidazole rings is 1. The highest BCUT2D eigenvalue weighted by Gasteiger charge is 2.24. The van der Waals surface area contributed by atoms with Gasteiger partial charge in [0.2, 0.25) is 5.95 Å². The van der Waals surface area contributed by atoms with Crippen molar-refractivity contribution in [1.82, 2.24) is 14.5 Å². The van der Waals surface area contributed by atoms with Crippen LogP contribution in [0, 0.1) is 5.82 Å². The van der Waals surface area contributed by atoms with Crippen LogP contribution < -0.4 is 9.64 Å². The van der Waals surface area contributed by atoms with Gasteiger partial charge in [-0.05, 0) is 30.3 Å². The van der Waals surface area contributed by atoms with Gasteiger partial charge in [0.25, 0.3) is 5.91 Å². The van der Waals surface area contributed by atoms with Gasteiger partial charge in [-0.1, -0.05) is 29.8 Å². The summed E-state index contributed by atoms with van der Waals surface area (Å²) in [6.07, 6.45) is 3.64. The molecule has 1 saturated heterocycles. The first-order chi connectivity index (χ1) is 14.1. The first kappa shape index (κ1) is 21.9. The van der Waals surface area contributed by atoms with Gasteiger partial charge in [0, 0.05) is 49.3 Å². The van der Waals surface area contributed by atoms with Crippen molar-refractivity contribution in [2.24, 2.45) is 0 Å². The Bertz CT molecular complexity index is 1010. The van der Waals surface area contributed by atoms with Crippen LogP contribution in [0.15, 0.2) is 60.9 Å². The summed E-state index contributed by atoms with van der Waals surface area (Å²) in [7, 11) is 0.